The molecule has 10 aromatic rings. The van der Waals surface area contributed by atoms with Crippen LogP contribution in [0.15, 0.2) is 243 Å². The molecule has 0 saturated carbocycles. The summed E-state index contributed by atoms with van der Waals surface area (Å²) in [4.78, 5) is 2.48. The van der Waals surface area contributed by atoms with Crippen LogP contribution in [0.5, 0.6) is 0 Å². The van der Waals surface area contributed by atoms with E-state index in [1.807, 2.05) is 0 Å². The molecule has 0 bridgehead atoms. The van der Waals surface area contributed by atoms with Crippen molar-refractivity contribution in [2.45, 2.75) is 12.3 Å². The average Bonchev–Trinajstić information content (AvgIpc) is 3.61. The molecule has 11 rings (SSSR count). The maximum atomic E-state index is 2.48. The van der Waals surface area contributed by atoms with E-state index in [0.29, 0.717) is 0 Å². The fraction of sp³-hybridized carbons (Fsp3) is 0.0333. The lowest BCUT2D eigenvalue weighted by Crippen LogP contribution is -2.22. The normalized spacial score (nSPS) is 14.0. The van der Waals surface area contributed by atoms with E-state index in [9.17, 15) is 0 Å². The third-order valence-corrected chi connectivity index (χ3v) is 12.7. The summed E-state index contributed by atoms with van der Waals surface area (Å²) in [6.07, 6.45) is 0. The Morgan fingerprint density at radius 2 is 0.770 bits per heavy atom. The van der Waals surface area contributed by atoms with Gasteiger partial charge < -0.3 is 4.90 Å². The van der Waals surface area contributed by atoms with Gasteiger partial charge in [0.25, 0.3) is 0 Å². The summed E-state index contributed by atoms with van der Waals surface area (Å²) >= 11 is 0. The first-order chi connectivity index (χ1) is 30.1. The summed E-state index contributed by atoms with van der Waals surface area (Å²) in [7, 11) is 0. The fourth-order valence-corrected chi connectivity index (χ4v) is 9.60. The summed E-state index contributed by atoms with van der Waals surface area (Å²) in [6, 6.07) is 88.8. The quantitative estimate of drug-likeness (QED) is 0.149. The third-order valence-electron chi connectivity index (χ3n) is 12.7. The number of fused-ring (bicyclic) bond motifs is 4. The highest BCUT2D eigenvalue weighted by atomic mass is 15.1. The van der Waals surface area contributed by atoms with Crippen molar-refractivity contribution in [1.82, 2.24) is 0 Å². The smallest absolute Gasteiger partial charge is 0.0543 e. The lowest BCUT2D eigenvalue weighted by molar-refractivity contribution is 0.714. The van der Waals surface area contributed by atoms with Crippen LogP contribution in [0, 0.1) is 0 Å². The highest BCUT2D eigenvalue weighted by Gasteiger charge is 2.42. The Balaban J connectivity index is 1.06. The van der Waals surface area contributed by atoms with Crippen LogP contribution in [0.2, 0.25) is 0 Å². The van der Waals surface area contributed by atoms with Gasteiger partial charge in [-0.3, -0.25) is 0 Å². The van der Waals surface area contributed by atoms with E-state index in [0.717, 1.165) is 17.1 Å². The predicted octanol–water partition coefficient (Wildman–Crippen LogP) is 16.3. The first kappa shape index (κ1) is 36.3. The monoisotopic (exact) mass is 777 g/mol. The van der Waals surface area contributed by atoms with Gasteiger partial charge in [0, 0.05) is 22.4 Å². The zero-order chi connectivity index (χ0) is 40.8. The minimum Gasteiger partial charge on any atom is -0.310 e. The molecule has 10 aromatic carbocycles. The second-order valence-corrected chi connectivity index (χ2v) is 16.3. The number of nitrogens with zero attached hydrogens (tertiary/aromatic N) is 1. The Bertz CT molecular complexity index is 3200. The number of anilines is 3. The molecule has 1 aliphatic rings. The lowest BCUT2D eigenvalue weighted by atomic mass is 9.74. The number of benzene rings is 10. The van der Waals surface area contributed by atoms with Crippen LogP contribution in [-0.2, 0) is 5.41 Å². The molecule has 1 unspecified atom stereocenters. The Morgan fingerprint density at radius 1 is 0.311 bits per heavy atom. The summed E-state index contributed by atoms with van der Waals surface area (Å²) in [5, 5.41) is 2.51. The maximum Gasteiger partial charge on any atom is 0.0543 e. The van der Waals surface area contributed by atoms with Crippen LogP contribution >= 0.6 is 0 Å². The maximum absolute atomic E-state index is 2.48. The van der Waals surface area contributed by atoms with Crippen molar-refractivity contribution in [2.75, 3.05) is 4.90 Å². The number of hydrogen-bond acceptors (Lipinski definition) is 1. The molecule has 0 spiro atoms. The van der Waals surface area contributed by atoms with Crippen LogP contribution in [0.1, 0.15) is 23.6 Å². The van der Waals surface area contributed by atoms with Gasteiger partial charge in [0.05, 0.1) is 5.69 Å². The van der Waals surface area contributed by atoms with Crippen molar-refractivity contribution in [3.8, 4) is 55.6 Å². The summed E-state index contributed by atoms with van der Waals surface area (Å²) in [6.45, 7) is 2.39. The molecule has 0 aromatic heterocycles. The van der Waals surface area contributed by atoms with Crippen LogP contribution in [0.3, 0.4) is 0 Å². The van der Waals surface area contributed by atoms with Crippen LogP contribution in [0.4, 0.5) is 17.1 Å². The van der Waals surface area contributed by atoms with Gasteiger partial charge in [-0.1, -0.05) is 200 Å². The van der Waals surface area contributed by atoms with Gasteiger partial charge in [0.2, 0.25) is 0 Å². The zero-order valence-electron chi connectivity index (χ0n) is 34.0. The van der Waals surface area contributed by atoms with Gasteiger partial charge in [-0.25, -0.2) is 0 Å². The van der Waals surface area contributed by atoms with E-state index in [4.69, 9.17) is 0 Å². The van der Waals surface area contributed by atoms with E-state index in [1.165, 1.54) is 83.1 Å². The Morgan fingerprint density at radius 3 is 1.48 bits per heavy atom. The highest BCUT2D eigenvalue weighted by Crippen LogP contribution is 2.57. The molecule has 0 amide bonds. The molecule has 1 aliphatic carbocycles. The van der Waals surface area contributed by atoms with Crippen molar-refractivity contribution >= 4 is 27.8 Å². The van der Waals surface area contributed by atoms with Gasteiger partial charge in [0.15, 0.2) is 0 Å². The topological polar surface area (TPSA) is 3.24 Å². The highest BCUT2D eigenvalue weighted by molar-refractivity contribution is 5.97. The molecule has 0 aliphatic heterocycles. The molecule has 0 radical (unpaired) electrons. The third kappa shape index (κ3) is 6.43. The van der Waals surface area contributed by atoms with Gasteiger partial charge in [-0.05, 0) is 127 Å². The van der Waals surface area contributed by atoms with Crippen LogP contribution < -0.4 is 4.90 Å². The van der Waals surface area contributed by atoms with E-state index in [1.54, 1.807) is 0 Å². The van der Waals surface area contributed by atoms with E-state index >= 15 is 0 Å². The number of rotatable bonds is 8. The molecule has 0 fully saturated rings. The van der Waals surface area contributed by atoms with Crippen LogP contribution in [0.25, 0.3) is 66.4 Å². The Labute approximate surface area is 358 Å². The first-order valence-electron chi connectivity index (χ1n) is 21.2. The van der Waals surface area contributed by atoms with E-state index in [2.05, 4.69) is 254 Å². The van der Waals surface area contributed by atoms with E-state index in [-0.39, 0.29) is 5.41 Å². The molecular formula is C60H43N. The second-order valence-electron chi connectivity index (χ2n) is 16.3. The number of hydrogen-bond donors (Lipinski definition) is 0. The zero-order valence-corrected chi connectivity index (χ0v) is 34.0. The van der Waals surface area contributed by atoms with E-state index < -0.39 is 0 Å². The van der Waals surface area contributed by atoms with Crippen LogP contribution in [-0.4, -0.2) is 0 Å². The summed E-state index contributed by atoms with van der Waals surface area (Å²) in [5.74, 6) is 0. The van der Waals surface area contributed by atoms with Gasteiger partial charge in [0.1, 0.15) is 0 Å². The van der Waals surface area contributed by atoms with Crippen molar-refractivity contribution in [3.05, 3.63) is 259 Å². The van der Waals surface area contributed by atoms with Crippen molar-refractivity contribution in [1.29, 1.82) is 0 Å². The molecule has 0 N–H and O–H groups in total. The summed E-state index contributed by atoms with van der Waals surface area (Å²) < 4.78 is 0. The molecule has 288 valence electrons. The molecular weight excluding hydrogens is 735 g/mol. The average molecular weight is 778 g/mol. The second kappa shape index (κ2) is 15.1. The molecule has 1 atom stereocenters. The van der Waals surface area contributed by atoms with Crippen molar-refractivity contribution in [2.24, 2.45) is 0 Å². The standard InChI is InChI=1S/C60H43N/c1-60(52-24-6-3-7-25-52)56-29-11-10-28-55(56)59-57(60)30-15-31-58(59)61(54-27-14-23-50(41-54)48-21-12-20-47(38-48)42-16-4-2-5-17-42)53-26-13-22-49(40-53)44-32-34-45(35-33-44)51-37-36-43-18-8-9-19-46(43)39-51/h2-41H,1H3. The molecule has 1 heteroatoms. The minimum atomic E-state index is -0.316. The molecule has 61 heavy (non-hydrogen) atoms. The minimum absolute atomic E-state index is 0.316. The van der Waals surface area contributed by atoms with Gasteiger partial charge in [-0.2, -0.15) is 0 Å². The molecule has 1 nitrogen and oxygen atoms in total. The lowest BCUT2D eigenvalue weighted by Gasteiger charge is -2.31. The fourth-order valence-electron chi connectivity index (χ4n) is 9.60. The predicted molar refractivity (Wildman–Crippen MR) is 258 cm³/mol. The SMILES string of the molecule is CC1(c2ccccc2)c2ccccc2-c2c(N(c3cccc(-c4ccc(-c5ccc6ccccc6c5)cc4)c3)c3cccc(-c4cccc(-c5ccccc5)c4)c3)cccc21. The van der Waals surface area contributed by atoms with Gasteiger partial charge in [-0.15, -0.1) is 0 Å². The largest absolute Gasteiger partial charge is 0.310 e. The van der Waals surface area contributed by atoms with Crippen molar-refractivity contribution in [3.63, 3.8) is 0 Å². The first-order valence-corrected chi connectivity index (χ1v) is 21.2. The van der Waals surface area contributed by atoms with Gasteiger partial charge >= 0.3 is 0 Å². The molecule has 0 saturated heterocycles. The Hall–Kier alpha value is -7.74. The van der Waals surface area contributed by atoms with Crippen molar-refractivity contribution < 1.29 is 0 Å². The Kier molecular flexibility index (Phi) is 9.02. The molecule has 0 heterocycles. The summed E-state index contributed by atoms with van der Waals surface area (Å²) in [5.41, 5.74) is 19.1.